The fourth-order valence-corrected chi connectivity index (χ4v) is 8.75. The molecule has 0 aliphatic heterocycles. The molecule has 0 aliphatic rings. The summed E-state index contributed by atoms with van der Waals surface area (Å²) in [6.07, 6.45) is 0. The maximum Gasteiger partial charge on any atom is 0.0547 e. The highest BCUT2D eigenvalue weighted by Crippen LogP contribution is 2.41. The van der Waals surface area contributed by atoms with Gasteiger partial charge in [-0.2, -0.15) is 0 Å². The quantitative estimate of drug-likeness (QED) is 0.158. The molecule has 58 heavy (non-hydrogen) atoms. The molecule has 0 radical (unpaired) electrons. The second-order valence-corrected chi connectivity index (χ2v) is 15.0. The van der Waals surface area contributed by atoms with Gasteiger partial charge in [-0.1, -0.05) is 170 Å². The number of hydrogen-bond acceptors (Lipinski definition) is 1. The molecule has 0 bridgehead atoms. The fraction of sp³-hybridized carbons (Fsp3) is 0. The van der Waals surface area contributed by atoms with Crippen molar-refractivity contribution in [3.63, 3.8) is 0 Å². The van der Waals surface area contributed by atoms with Gasteiger partial charge in [-0.15, -0.1) is 0 Å². The van der Waals surface area contributed by atoms with Crippen molar-refractivity contribution in [1.82, 2.24) is 4.57 Å². The molecule has 10 aromatic carbocycles. The van der Waals surface area contributed by atoms with Crippen LogP contribution in [-0.4, -0.2) is 4.57 Å². The molecule has 0 spiro atoms. The van der Waals surface area contributed by atoms with Crippen LogP contribution in [0.2, 0.25) is 0 Å². The van der Waals surface area contributed by atoms with Crippen molar-refractivity contribution < 1.29 is 0 Å². The third-order valence-corrected chi connectivity index (χ3v) is 11.6. The summed E-state index contributed by atoms with van der Waals surface area (Å²) in [6.45, 7) is 0. The number of aromatic nitrogens is 1. The van der Waals surface area contributed by atoms with Crippen LogP contribution in [0.3, 0.4) is 0 Å². The lowest BCUT2D eigenvalue weighted by molar-refractivity contribution is 1.18. The van der Waals surface area contributed by atoms with E-state index in [1.54, 1.807) is 0 Å². The molecule has 0 saturated carbocycles. The lowest BCUT2D eigenvalue weighted by atomic mass is 10.00. The van der Waals surface area contributed by atoms with E-state index in [4.69, 9.17) is 0 Å². The van der Waals surface area contributed by atoms with Crippen LogP contribution in [0.5, 0.6) is 0 Å². The lowest BCUT2D eigenvalue weighted by Gasteiger charge is -2.26. The van der Waals surface area contributed by atoms with Gasteiger partial charge in [0.05, 0.1) is 11.0 Å². The van der Waals surface area contributed by atoms with Crippen LogP contribution >= 0.6 is 0 Å². The lowest BCUT2D eigenvalue weighted by Crippen LogP contribution is -2.09. The Morgan fingerprint density at radius 1 is 0.259 bits per heavy atom. The number of fused-ring (bicyclic) bond motifs is 7. The van der Waals surface area contributed by atoms with Crippen LogP contribution in [0.1, 0.15) is 0 Å². The minimum Gasteiger partial charge on any atom is -0.311 e. The smallest absolute Gasteiger partial charge is 0.0547 e. The van der Waals surface area contributed by atoms with Crippen molar-refractivity contribution in [1.29, 1.82) is 0 Å². The molecule has 0 unspecified atom stereocenters. The summed E-state index contributed by atoms with van der Waals surface area (Å²) in [7, 11) is 0. The van der Waals surface area contributed by atoms with E-state index in [9.17, 15) is 0 Å². The van der Waals surface area contributed by atoms with Crippen molar-refractivity contribution >= 4 is 60.4 Å². The summed E-state index contributed by atoms with van der Waals surface area (Å²) < 4.78 is 2.43. The molecule has 272 valence electrons. The summed E-state index contributed by atoms with van der Waals surface area (Å²) in [4.78, 5) is 2.34. The molecule has 0 fully saturated rings. The van der Waals surface area contributed by atoms with Crippen molar-refractivity contribution in [3.05, 3.63) is 231 Å². The Morgan fingerprint density at radius 2 is 0.586 bits per heavy atom. The summed E-state index contributed by atoms with van der Waals surface area (Å²) in [6, 6.07) is 83.5. The van der Waals surface area contributed by atoms with Crippen LogP contribution in [0.15, 0.2) is 231 Å². The third-order valence-electron chi connectivity index (χ3n) is 11.6. The van der Waals surface area contributed by atoms with E-state index in [0.29, 0.717) is 0 Å². The second-order valence-electron chi connectivity index (χ2n) is 15.0. The van der Waals surface area contributed by atoms with Gasteiger partial charge in [0.15, 0.2) is 0 Å². The molecular formula is C56H38N2. The van der Waals surface area contributed by atoms with Crippen molar-refractivity contribution in [2.45, 2.75) is 0 Å². The summed E-state index contributed by atoms with van der Waals surface area (Å²) in [5, 5.41) is 7.69. The van der Waals surface area contributed by atoms with Gasteiger partial charge in [0.25, 0.3) is 0 Å². The maximum absolute atomic E-state index is 2.43. The Bertz CT molecular complexity index is 3040. The van der Waals surface area contributed by atoms with Gasteiger partial charge >= 0.3 is 0 Å². The zero-order valence-corrected chi connectivity index (χ0v) is 31.8. The maximum atomic E-state index is 2.43. The highest BCUT2D eigenvalue weighted by atomic mass is 15.1. The van der Waals surface area contributed by atoms with Gasteiger partial charge in [0.1, 0.15) is 0 Å². The number of anilines is 3. The van der Waals surface area contributed by atoms with Crippen molar-refractivity contribution in [2.75, 3.05) is 4.90 Å². The first-order valence-corrected chi connectivity index (χ1v) is 19.9. The fourth-order valence-electron chi connectivity index (χ4n) is 8.75. The SMILES string of the molecule is c1ccc(-c2ccc(N(c3ccc(-c4ccccc4)cc3)c3ccc(-c4ccc(-n5c6ccc7ccccc7c6c6c7ccccc7ccc65)cc4)cc3)cc2)cc1. The predicted molar refractivity (Wildman–Crippen MR) is 247 cm³/mol. The number of hydrogen-bond donors (Lipinski definition) is 0. The summed E-state index contributed by atoms with van der Waals surface area (Å²) >= 11 is 0. The van der Waals surface area contributed by atoms with E-state index in [0.717, 1.165) is 22.7 Å². The highest BCUT2D eigenvalue weighted by Gasteiger charge is 2.18. The summed E-state index contributed by atoms with van der Waals surface area (Å²) in [5.74, 6) is 0. The normalized spacial score (nSPS) is 11.4. The Labute approximate surface area is 338 Å². The van der Waals surface area contributed by atoms with Crippen LogP contribution in [0.25, 0.3) is 82.4 Å². The largest absolute Gasteiger partial charge is 0.311 e. The average Bonchev–Trinajstić information content (AvgIpc) is 3.66. The van der Waals surface area contributed by atoms with E-state index in [2.05, 4.69) is 240 Å². The number of rotatable bonds is 7. The molecule has 0 atom stereocenters. The Balaban J connectivity index is 0.963. The van der Waals surface area contributed by atoms with Gasteiger partial charge < -0.3 is 9.47 Å². The van der Waals surface area contributed by atoms with Crippen LogP contribution < -0.4 is 4.90 Å². The molecular weight excluding hydrogens is 701 g/mol. The topological polar surface area (TPSA) is 8.17 Å². The third kappa shape index (κ3) is 5.82. The van der Waals surface area contributed by atoms with E-state index in [1.807, 2.05) is 0 Å². The standard InChI is InChI=1S/C56H38N2/c1-3-11-39(12-4-1)41-19-29-47(30-20-41)57(48-31-21-42(22-32-48)40-13-5-2-6-14-40)49-33-23-43(24-34-49)44-25-35-50(36-26-44)58-53-37-27-45-15-7-9-17-51(45)55(53)56-52-18-10-8-16-46(52)28-38-54(56)58/h1-38H. The minimum atomic E-state index is 1.10. The molecule has 11 aromatic rings. The monoisotopic (exact) mass is 738 g/mol. The molecule has 0 N–H and O–H groups in total. The van der Waals surface area contributed by atoms with E-state index in [-0.39, 0.29) is 0 Å². The number of benzene rings is 10. The Morgan fingerprint density at radius 3 is 0.983 bits per heavy atom. The Kier molecular flexibility index (Phi) is 8.19. The zero-order chi connectivity index (χ0) is 38.4. The molecule has 11 rings (SSSR count). The first-order chi connectivity index (χ1) is 28.8. The average molecular weight is 739 g/mol. The Hall–Kier alpha value is -7.68. The molecule has 1 aromatic heterocycles. The molecule has 2 heteroatoms. The van der Waals surface area contributed by atoms with Crippen molar-refractivity contribution in [3.8, 4) is 39.1 Å². The van der Waals surface area contributed by atoms with E-state index in [1.165, 1.54) is 76.7 Å². The van der Waals surface area contributed by atoms with Gasteiger partial charge in [-0.25, -0.2) is 0 Å². The molecule has 0 saturated heterocycles. The zero-order valence-electron chi connectivity index (χ0n) is 31.8. The highest BCUT2D eigenvalue weighted by molar-refractivity contribution is 6.28. The molecule has 2 nitrogen and oxygen atoms in total. The first-order valence-electron chi connectivity index (χ1n) is 19.9. The van der Waals surface area contributed by atoms with Crippen molar-refractivity contribution in [2.24, 2.45) is 0 Å². The number of nitrogens with zero attached hydrogens (tertiary/aromatic N) is 2. The van der Waals surface area contributed by atoms with Gasteiger partial charge in [-0.3, -0.25) is 0 Å². The van der Waals surface area contributed by atoms with Crippen LogP contribution in [0.4, 0.5) is 17.1 Å². The second kappa shape index (κ2) is 14.1. The van der Waals surface area contributed by atoms with Crippen LogP contribution in [0, 0.1) is 0 Å². The predicted octanol–water partition coefficient (Wildman–Crippen LogP) is 15.6. The van der Waals surface area contributed by atoms with Gasteiger partial charge in [-0.05, 0) is 116 Å². The first kappa shape index (κ1) is 33.6. The van der Waals surface area contributed by atoms with Gasteiger partial charge in [0.2, 0.25) is 0 Å². The van der Waals surface area contributed by atoms with Crippen LogP contribution in [-0.2, 0) is 0 Å². The summed E-state index contributed by atoms with van der Waals surface area (Å²) in [5.41, 5.74) is 14.1. The van der Waals surface area contributed by atoms with E-state index >= 15 is 0 Å². The van der Waals surface area contributed by atoms with E-state index < -0.39 is 0 Å². The van der Waals surface area contributed by atoms with Gasteiger partial charge in [0, 0.05) is 33.5 Å². The molecule has 1 heterocycles. The molecule has 0 aliphatic carbocycles. The minimum absolute atomic E-state index is 1.10. The molecule has 0 amide bonds.